The summed E-state index contributed by atoms with van der Waals surface area (Å²) in [6.45, 7) is 43.2. The van der Waals surface area contributed by atoms with E-state index in [0.29, 0.717) is 6.42 Å². The van der Waals surface area contributed by atoms with E-state index in [4.69, 9.17) is 4.11 Å². The Morgan fingerprint density at radius 2 is 0.699 bits per heavy atom. The number of nitrogens with zero attached hydrogens (tertiary/aromatic N) is 6. The topological polar surface area (TPSA) is 23.3 Å². The van der Waals surface area contributed by atoms with Crippen LogP contribution < -0.4 is 27.4 Å². The molecule has 6 aromatic heterocycles. The van der Waals surface area contributed by atoms with E-state index in [9.17, 15) is 2.74 Å². The van der Waals surface area contributed by atoms with Crippen molar-refractivity contribution in [3.05, 3.63) is 319 Å². The van der Waals surface area contributed by atoms with Gasteiger partial charge >= 0.3 is 0 Å². The van der Waals surface area contributed by atoms with Crippen molar-refractivity contribution in [3.63, 3.8) is 0 Å². The van der Waals surface area contributed by atoms with E-state index in [2.05, 4.69) is 413 Å². The lowest BCUT2D eigenvalue weighted by atomic mass is 9.69. The number of aromatic nitrogens is 6. The second-order valence-electron chi connectivity index (χ2n) is 42.4. The van der Waals surface area contributed by atoms with Crippen molar-refractivity contribution in [1.29, 1.82) is 0 Å². The van der Waals surface area contributed by atoms with Gasteiger partial charge in [-0.25, -0.2) is 27.4 Å². The lowest BCUT2D eigenvalue weighted by Gasteiger charge is -2.34. The smallest absolute Gasteiger partial charge is 0.201 e. The second kappa shape index (κ2) is 31.7. The maximum absolute atomic E-state index is 9.30. The summed E-state index contributed by atoms with van der Waals surface area (Å²) in [5.41, 5.74) is 40.3. The molecule has 0 spiro atoms. The molecular formula is C117H142N6+6. The van der Waals surface area contributed by atoms with Crippen LogP contribution in [-0.4, -0.2) is 0 Å². The quantitative estimate of drug-likeness (QED) is 0.148. The van der Waals surface area contributed by atoms with Crippen LogP contribution in [0.3, 0.4) is 0 Å². The van der Waals surface area contributed by atoms with Crippen molar-refractivity contribution in [2.75, 3.05) is 0 Å². The SMILES string of the molecule is Cc1ccccc1-c1c2c(cc[n+]1C)C(C)(C)CC2(C)C.Cc1ccccc1-c1c2c(cc[n+]1C)C1CCC2C1.Cc1ccccc1-c1cc2c(c[n+]1C)C(C)(C)CC2(C)C.[2H]C12CCC(C)(c3c[n+](C)c(-c4ccccc4C)cc31)C2(C)C.[2H]C12CCC([2H])(C1)c1c2cc[n+](C)c1-c1ccccc1C.[2H]C12CCC([2H])(c3c1cc[n+](C)c3-c1ccccc1C)C2(C)C. The van der Waals surface area contributed by atoms with Crippen molar-refractivity contribution < 1.29 is 34.3 Å². The van der Waals surface area contributed by atoms with Crippen molar-refractivity contribution >= 4 is 0 Å². The third-order valence-electron chi connectivity index (χ3n) is 31.8. The fraction of sp³-hybridized carbons (Fsp3) is 0.436. The van der Waals surface area contributed by atoms with Gasteiger partial charge in [-0.05, 0) is 296 Å². The highest BCUT2D eigenvalue weighted by Gasteiger charge is 2.61. The van der Waals surface area contributed by atoms with Crippen LogP contribution in [-0.2, 0) is 69.4 Å². The molecule has 0 aliphatic heterocycles. The molecule has 0 N–H and O–H groups in total. The highest BCUT2D eigenvalue weighted by molar-refractivity contribution is 5.73. The molecule has 0 amide bonds. The Labute approximate surface area is 746 Å². The Bertz CT molecular complexity index is 6380. The minimum absolute atomic E-state index is 0.0142. The molecule has 0 radical (unpaired) electrons. The van der Waals surface area contributed by atoms with Crippen LogP contribution in [0.5, 0.6) is 0 Å². The first-order chi connectivity index (χ1) is 60.1. The third kappa shape index (κ3) is 14.5. The largest absolute Gasteiger partial charge is 0.216 e. The Kier molecular flexibility index (Phi) is 20.4. The van der Waals surface area contributed by atoms with Crippen LogP contribution >= 0.6 is 0 Å². The monoisotopic (exact) mass is 1640 g/mol. The first kappa shape index (κ1) is 79.1. The zero-order chi connectivity index (χ0) is 91.9. The average molecular weight is 1640 g/mol. The van der Waals surface area contributed by atoms with Gasteiger partial charge in [0.05, 0.1) is 0 Å². The van der Waals surface area contributed by atoms with E-state index in [1.54, 1.807) is 11.1 Å². The summed E-state index contributed by atoms with van der Waals surface area (Å²) in [4.78, 5) is 0. The third-order valence-corrected chi connectivity index (χ3v) is 31.8. The fourth-order valence-corrected chi connectivity index (χ4v) is 25.4. The molecule has 6 heterocycles. The maximum atomic E-state index is 9.30. The van der Waals surface area contributed by atoms with Gasteiger partial charge in [0.25, 0.3) is 0 Å². The van der Waals surface area contributed by atoms with E-state index in [0.717, 1.165) is 84.0 Å². The first-order valence-electron chi connectivity index (χ1n) is 48.7. The normalized spacial score (nSPS) is 26.5. The van der Waals surface area contributed by atoms with E-state index < -0.39 is 29.5 Å². The highest BCUT2D eigenvalue weighted by atomic mass is 15.0. The summed E-state index contributed by atoms with van der Waals surface area (Å²) in [5, 5.41) is 0. The molecule has 8 bridgehead atoms. The molecule has 4 saturated carbocycles. The standard InChI is InChI=1S/C21H26N.C20H24N.2C20H26N.2C18H20N/c1-14-8-6-7-9-15(14)19-12-16-17-10-11-21(4,20(17,2)3)18(16)13-22(19)5;1-13-7-5-6-8-14(13)19-18-15(11-12-21(19)4)16-9-10-17(18)20(16,2)3;1-14-9-7-8-10-15(14)18-11-16-17(12-21(18)6)20(4,5)13-19(16,2)3;1-14-9-7-8-10-15(14)18-17-16(11-12-21(18)6)19(2,3)13-20(17,4)5;2*1-12-5-3-4-6-15(12)18-17-14-8-7-13(11-14)16(17)9-10-19(18)2/h6-9,12-13,17H,10-11H2,1-5H3;5-8,11-12,16-17H,9-10H2,1-4H3;2*7-12H,13H2,1-6H3;2*3-6,9-10,13-14H,7-8,11H2,1-2H3/q6*+1/i17D;16D,17D;;;13D,14D;. The van der Waals surface area contributed by atoms with Gasteiger partial charge in [0, 0.05) is 115 Å². The zero-order valence-corrected chi connectivity index (χ0v) is 79.1. The number of pyridine rings is 6. The maximum Gasteiger partial charge on any atom is 0.216 e. The van der Waals surface area contributed by atoms with Gasteiger partial charge in [0.15, 0.2) is 37.2 Å². The molecule has 10 aliphatic carbocycles. The summed E-state index contributed by atoms with van der Waals surface area (Å²) in [6, 6.07) is 65.0. The Morgan fingerprint density at radius 3 is 1.23 bits per heavy atom. The van der Waals surface area contributed by atoms with Crippen LogP contribution in [0.1, 0.15) is 315 Å². The van der Waals surface area contributed by atoms with Gasteiger partial charge in [-0.2, -0.15) is 0 Å². The molecule has 12 aromatic rings. The van der Waals surface area contributed by atoms with Crippen LogP contribution in [0, 0.1) is 52.4 Å². The lowest BCUT2D eigenvalue weighted by molar-refractivity contribution is -0.661. The van der Waals surface area contributed by atoms with Crippen LogP contribution in [0.2, 0.25) is 0 Å². The Balaban J connectivity index is 0.000000108. The number of rotatable bonds is 6. The van der Waals surface area contributed by atoms with E-state index in [1.807, 2.05) is 7.05 Å². The van der Waals surface area contributed by atoms with Gasteiger partial charge in [-0.15, -0.1) is 0 Å². The van der Waals surface area contributed by atoms with Gasteiger partial charge in [0.1, 0.15) is 42.3 Å². The molecule has 22 rings (SSSR count). The predicted octanol–water partition coefficient (Wildman–Crippen LogP) is 25.7. The molecule has 123 heavy (non-hydrogen) atoms. The summed E-state index contributed by atoms with van der Waals surface area (Å²) < 4.78 is 58.8. The van der Waals surface area contributed by atoms with Gasteiger partial charge < -0.3 is 0 Å². The van der Waals surface area contributed by atoms with Gasteiger partial charge in [-0.3, -0.25) is 0 Å². The van der Waals surface area contributed by atoms with Gasteiger partial charge in [0.2, 0.25) is 34.2 Å². The van der Waals surface area contributed by atoms with Crippen LogP contribution in [0.25, 0.3) is 67.5 Å². The number of aryl methyl sites for hydroxylation is 12. The summed E-state index contributed by atoms with van der Waals surface area (Å²) in [6.07, 6.45) is 25.8. The predicted molar refractivity (Wildman–Crippen MR) is 508 cm³/mol. The lowest BCUT2D eigenvalue weighted by Crippen LogP contribution is -2.36. The summed E-state index contributed by atoms with van der Waals surface area (Å²) in [5.74, 6) is -1.25. The van der Waals surface area contributed by atoms with Crippen LogP contribution in [0.4, 0.5) is 0 Å². The summed E-state index contributed by atoms with van der Waals surface area (Å²) >= 11 is 0. The molecule has 6 nitrogen and oxygen atoms in total. The molecular weight excluding hydrogens is 1490 g/mol. The molecule has 4 fully saturated rings. The van der Waals surface area contributed by atoms with Crippen LogP contribution in [0.15, 0.2) is 219 Å². The Hall–Kier alpha value is -9.78. The van der Waals surface area contributed by atoms with Crippen molar-refractivity contribution in [3.8, 4) is 67.5 Å². The minimum Gasteiger partial charge on any atom is -0.201 e. The fourth-order valence-electron chi connectivity index (χ4n) is 25.4. The van der Waals surface area contributed by atoms with Crippen molar-refractivity contribution in [2.45, 2.75) is 277 Å². The molecule has 6 heteroatoms. The minimum atomic E-state index is -0.680. The number of benzene rings is 6. The molecule has 634 valence electrons. The van der Waals surface area contributed by atoms with E-state index >= 15 is 0 Å². The van der Waals surface area contributed by atoms with E-state index in [-0.39, 0.29) is 37.9 Å². The average Bonchev–Trinajstić information content (AvgIpc) is 1.49. The molecule has 8 unspecified atom stereocenters. The second-order valence-corrected chi connectivity index (χ2v) is 42.4. The molecule has 10 aliphatic rings. The Morgan fingerprint density at radius 1 is 0.301 bits per heavy atom. The first-order valence-corrected chi connectivity index (χ1v) is 46.2. The number of fused-ring (bicyclic) bond motifs is 22. The number of hydrogen-bond acceptors (Lipinski definition) is 0. The molecule has 0 saturated heterocycles. The number of hydrogen-bond donors (Lipinski definition) is 0. The van der Waals surface area contributed by atoms with Crippen molar-refractivity contribution in [1.82, 2.24) is 0 Å². The molecule has 6 aromatic carbocycles. The van der Waals surface area contributed by atoms with Gasteiger partial charge in [-0.1, -0.05) is 199 Å². The molecule has 8 atom stereocenters. The summed E-state index contributed by atoms with van der Waals surface area (Å²) in [7, 11) is 12.8. The van der Waals surface area contributed by atoms with E-state index in [1.165, 1.54) is 155 Å². The highest BCUT2D eigenvalue weighted by Crippen LogP contribution is 2.69. The zero-order valence-electron chi connectivity index (χ0n) is 84.1. The van der Waals surface area contributed by atoms with Crippen molar-refractivity contribution in [2.24, 2.45) is 53.1 Å².